The minimum Gasteiger partial charge on any atom is -0.357 e. The van der Waals surface area contributed by atoms with E-state index in [1.54, 1.807) is 0 Å². The van der Waals surface area contributed by atoms with E-state index in [2.05, 4.69) is 12.7 Å². The summed E-state index contributed by atoms with van der Waals surface area (Å²) in [6, 6.07) is 0. The molecule has 0 spiro atoms. The molecule has 0 radical (unpaired) electrons. The molecule has 2 nitrogen and oxygen atoms in total. The third-order valence-corrected chi connectivity index (χ3v) is 3.99. The molecule has 2 rings (SSSR count). The fourth-order valence-electron chi connectivity index (χ4n) is 2.98. The van der Waals surface area contributed by atoms with E-state index >= 15 is 0 Å². The third kappa shape index (κ3) is 0.684. The van der Waals surface area contributed by atoms with Gasteiger partial charge in [0, 0.05) is 6.42 Å². The van der Waals surface area contributed by atoms with Gasteiger partial charge in [-0.1, -0.05) is 6.92 Å². The second-order valence-electron chi connectivity index (χ2n) is 4.12. The Labute approximate surface area is 67.1 Å². The Kier molecular flexibility index (Phi) is 1.37. The third-order valence-electron chi connectivity index (χ3n) is 3.99. The molecule has 0 aromatic rings. The molecule has 0 aromatic heterocycles. The summed E-state index contributed by atoms with van der Waals surface area (Å²) in [7, 11) is 0. The van der Waals surface area contributed by atoms with Crippen LogP contribution in [0.3, 0.4) is 0 Å². The van der Waals surface area contributed by atoms with Gasteiger partial charge in [-0.2, -0.15) is 0 Å². The number of hydrogen-bond acceptors (Lipinski definition) is 1. The summed E-state index contributed by atoms with van der Waals surface area (Å²) in [4.78, 5) is 11.6. The summed E-state index contributed by atoms with van der Waals surface area (Å²) in [5, 5.41) is 0. The topological polar surface area (TPSA) is 44.7 Å². The standard InChI is InChI=1S/C9H15NO/c1-6-7-2-3-9(6,5-10)8(11)4-7/h6-7H,2-5,10H2,1H3/p+1. The molecule has 3 atom stereocenters. The molecule has 2 bridgehead atoms. The molecule has 0 aromatic carbocycles. The first-order chi connectivity index (χ1) is 5.20. The van der Waals surface area contributed by atoms with Crippen molar-refractivity contribution in [3.63, 3.8) is 0 Å². The maximum absolute atomic E-state index is 11.6. The zero-order valence-electron chi connectivity index (χ0n) is 7.10. The van der Waals surface area contributed by atoms with Gasteiger partial charge in [0.05, 0.1) is 12.0 Å². The van der Waals surface area contributed by atoms with Crippen molar-refractivity contribution in [2.24, 2.45) is 17.3 Å². The molecule has 0 heterocycles. The van der Waals surface area contributed by atoms with Gasteiger partial charge in [-0.25, -0.2) is 0 Å². The van der Waals surface area contributed by atoms with Crippen LogP contribution >= 0.6 is 0 Å². The van der Waals surface area contributed by atoms with E-state index < -0.39 is 0 Å². The minimum absolute atomic E-state index is 0.0185. The predicted octanol–water partition coefficient (Wildman–Crippen LogP) is 0.234. The quantitative estimate of drug-likeness (QED) is 0.577. The van der Waals surface area contributed by atoms with Crippen LogP contribution in [0.2, 0.25) is 0 Å². The molecule has 62 valence electrons. The van der Waals surface area contributed by atoms with Gasteiger partial charge in [-0.3, -0.25) is 4.79 Å². The van der Waals surface area contributed by atoms with Crippen molar-refractivity contribution in [2.45, 2.75) is 26.2 Å². The average Bonchev–Trinajstić information content (AvgIpc) is 2.42. The predicted molar refractivity (Wildman–Crippen MR) is 41.7 cm³/mol. The van der Waals surface area contributed by atoms with Gasteiger partial charge < -0.3 is 5.73 Å². The van der Waals surface area contributed by atoms with Crippen LogP contribution in [0.4, 0.5) is 0 Å². The molecule has 0 aliphatic heterocycles. The van der Waals surface area contributed by atoms with Crippen molar-refractivity contribution >= 4 is 5.78 Å². The van der Waals surface area contributed by atoms with Gasteiger partial charge in [0.25, 0.3) is 0 Å². The molecule has 2 saturated carbocycles. The number of carbonyl (C=O) groups is 1. The van der Waals surface area contributed by atoms with Crippen LogP contribution in [-0.2, 0) is 4.79 Å². The van der Waals surface area contributed by atoms with Crippen molar-refractivity contribution < 1.29 is 10.5 Å². The Balaban J connectivity index is 2.35. The van der Waals surface area contributed by atoms with E-state index in [-0.39, 0.29) is 5.41 Å². The van der Waals surface area contributed by atoms with E-state index in [1.165, 1.54) is 6.42 Å². The summed E-state index contributed by atoms with van der Waals surface area (Å²) in [5.74, 6) is 1.81. The lowest BCUT2D eigenvalue weighted by atomic mass is 9.79. The molecule has 3 N–H and O–H groups in total. The molecule has 3 unspecified atom stereocenters. The van der Waals surface area contributed by atoms with Crippen molar-refractivity contribution in [1.29, 1.82) is 0 Å². The van der Waals surface area contributed by atoms with E-state index in [0.717, 1.165) is 19.4 Å². The Morgan fingerprint density at radius 2 is 2.45 bits per heavy atom. The molecule has 2 aliphatic carbocycles. The highest BCUT2D eigenvalue weighted by Gasteiger charge is 2.57. The van der Waals surface area contributed by atoms with Gasteiger partial charge in [-0.05, 0) is 24.7 Å². The van der Waals surface area contributed by atoms with Crippen molar-refractivity contribution in [3.8, 4) is 0 Å². The zero-order valence-corrected chi connectivity index (χ0v) is 7.10. The van der Waals surface area contributed by atoms with E-state index in [1.807, 2.05) is 0 Å². The molecule has 11 heavy (non-hydrogen) atoms. The fraction of sp³-hybridized carbons (Fsp3) is 0.889. The summed E-state index contributed by atoms with van der Waals surface area (Å²) in [6.07, 6.45) is 3.22. The SMILES string of the molecule is CC1C2CCC1(C[NH3+])C(=O)C2. The lowest BCUT2D eigenvalue weighted by molar-refractivity contribution is -0.389. The molecule has 0 amide bonds. The summed E-state index contributed by atoms with van der Waals surface area (Å²) >= 11 is 0. The van der Waals surface area contributed by atoms with E-state index in [9.17, 15) is 4.79 Å². The van der Waals surface area contributed by atoms with Crippen LogP contribution in [0, 0.1) is 17.3 Å². The Hall–Kier alpha value is -0.370. The number of fused-ring (bicyclic) bond motifs is 2. The first-order valence-corrected chi connectivity index (χ1v) is 4.53. The van der Waals surface area contributed by atoms with Crippen molar-refractivity contribution in [1.82, 2.24) is 0 Å². The lowest BCUT2D eigenvalue weighted by Gasteiger charge is -2.23. The molecule has 2 aliphatic rings. The molecular formula is C9H16NO+. The molecule has 2 heteroatoms. The zero-order chi connectivity index (χ0) is 8.06. The number of hydrogen-bond donors (Lipinski definition) is 1. The number of ketones is 1. The van der Waals surface area contributed by atoms with Crippen molar-refractivity contribution in [2.75, 3.05) is 6.54 Å². The number of quaternary nitrogens is 1. The second-order valence-corrected chi connectivity index (χ2v) is 4.12. The molecule has 0 saturated heterocycles. The largest absolute Gasteiger partial charge is 0.357 e. The number of Topliss-reactive ketones (excluding diaryl/α,β-unsaturated/α-hetero) is 1. The Morgan fingerprint density at radius 1 is 1.73 bits per heavy atom. The van der Waals surface area contributed by atoms with Gasteiger partial charge in [0.2, 0.25) is 0 Å². The first-order valence-electron chi connectivity index (χ1n) is 4.53. The first kappa shape index (κ1) is 7.29. The van der Waals surface area contributed by atoms with Crippen LogP contribution in [0.5, 0.6) is 0 Å². The highest BCUT2D eigenvalue weighted by molar-refractivity contribution is 5.88. The van der Waals surface area contributed by atoms with Crippen LogP contribution in [0.15, 0.2) is 0 Å². The summed E-state index contributed by atoms with van der Waals surface area (Å²) in [5.41, 5.74) is 3.94. The maximum atomic E-state index is 11.6. The highest BCUT2D eigenvalue weighted by atomic mass is 16.1. The van der Waals surface area contributed by atoms with Gasteiger partial charge >= 0.3 is 0 Å². The van der Waals surface area contributed by atoms with E-state index in [4.69, 9.17) is 0 Å². The van der Waals surface area contributed by atoms with E-state index in [0.29, 0.717) is 17.6 Å². The Bertz CT molecular complexity index is 202. The number of carbonyl (C=O) groups excluding carboxylic acids is 1. The monoisotopic (exact) mass is 154 g/mol. The smallest absolute Gasteiger partial charge is 0.145 e. The van der Waals surface area contributed by atoms with Crippen molar-refractivity contribution in [3.05, 3.63) is 0 Å². The molecule has 2 fully saturated rings. The normalized spacial score (nSPS) is 48.7. The highest BCUT2D eigenvalue weighted by Crippen LogP contribution is 2.54. The van der Waals surface area contributed by atoms with Gasteiger partial charge in [0.1, 0.15) is 5.78 Å². The van der Waals surface area contributed by atoms with Crippen LogP contribution < -0.4 is 5.73 Å². The molecular weight excluding hydrogens is 138 g/mol. The average molecular weight is 154 g/mol. The Morgan fingerprint density at radius 3 is 2.73 bits per heavy atom. The van der Waals surface area contributed by atoms with Crippen LogP contribution in [0.25, 0.3) is 0 Å². The number of rotatable bonds is 1. The van der Waals surface area contributed by atoms with Crippen LogP contribution in [-0.4, -0.2) is 12.3 Å². The lowest BCUT2D eigenvalue weighted by Crippen LogP contribution is -2.60. The maximum Gasteiger partial charge on any atom is 0.145 e. The van der Waals surface area contributed by atoms with Gasteiger partial charge in [0.15, 0.2) is 0 Å². The second kappa shape index (κ2) is 2.07. The minimum atomic E-state index is 0.0185. The van der Waals surface area contributed by atoms with Gasteiger partial charge in [-0.15, -0.1) is 0 Å². The summed E-state index contributed by atoms with van der Waals surface area (Å²) in [6.45, 7) is 3.05. The van der Waals surface area contributed by atoms with Crippen LogP contribution in [0.1, 0.15) is 26.2 Å². The fourth-order valence-corrected chi connectivity index (χ4v) is 2.98. The summed E-state index contributed by atoms with van der Waals surface area (Å²) < 4.78 is 0.